The third kappa shape index (κ3) is 3.87. The number of aromatic amines is 1. The minimum Gasteiger partial charge on any atom is -0.338 e. The van der Waals surface area contributed by atoms with Crippen LogP contribution in [0.2, 0.25) is 0 Å². The highest BCUT2D eigenvalue weighted by molar-refractivity contribution is 7.89. The largest absolute Gasteiger partial charge is 0.338 e. The third-order valence-electron chi connectivity index (χ3n) is 4.63. The number of hydrogen-bond acceptors (Lipinski definition) is 3. The lowest BCUT2D eigenvalue weighted by Gasteiger charge is -2.09. The number of imidazole rings is 1. The van der Waals surface area contributed by atoms with Gasteiger partial charge in [-0.15, -0.1) is 0 Å². The first kappa shape index (κ1) is 19.9. The molecular weight excluding hydrogens is 408 g/mol. The Hall–Kier alpha value is -3.36. The van der Waals surface area contributed by atoms with Crippen LogP contribution in [0.5, 0.6) is 0 Å². The van der Waals surface area contributed by atoms with Gasteiger partial charge in [-0.1, -0.05) is 36.4 Å². The van der Waals surface area contributed by atoms with Gasteiger partial charge in [-0.2, -0.15) is 0 Å². The SMILES string of the molecule is CNS(=O)(=O)c1ccccc1-c1ccc2nc(C=Cc3ccc(F)c(F)c3)[nH]c2c1. The maximum absolute atomic E-state index is 13.3. The van der Waals surface area contributed by atoms with Gasteiger partial charge >= 0.3 is 0 Å². The van der Waals surface area contributed by atoms with Crippen molar-refractivity contribution in [2.75, 3.05) is 7.05 Å². The molecule has 0 amide bonds. The van der Waals surface area contributed by atoms with Gasteiger partial charge in [0.2, 0.25) is 10.0 Å². The molecule has 0 aliphatic carbocycles. The summed E-state index contributed by atoms with van der Waals surface area (Å²) >= 11 is 0. The molecule has 0 spiro atoms. The van der Waals surface area contributed by atoms with Gasteiger partial charge in [-0.25, -0.2) is 26.9 Å². The van der Waals surface area contributed by atoms with Crippen molar-refractivity contribution in [3.63, 3.8) is 0 Å². The average Bonchev–Trinajstić information content (AvgIpc) is 3.16. The van der Waals surface area contributed by atoms with Crippen molar-refractivity contribution in [3.05, 3.63) is 83.7 Å². The number of sulfonamides is 1. The maximum atomic E-state index is 13.3. The summed E-state index contributed by atoms with van der Waals surface area (Å²) in [7, 11) is -2.24. The molecule has 30 heavy (non-hydrogen) atoms. The second-order valence-electron chi connectivity index (χ2n) is 6.56. The standard InChI is InChI=1S/C22H17F2N3O2S/c1-25-30(28,29)21-5-3-2-4-16(21)15-8-10-19-20(13-15)27-22(26-19)11-7-14-6-9-17(23)18(24)12-14/h2-13,25H,1H3,(H,26,27). The summed E-state index contributed by atoms with van der Waals surface area (Å²) in [5.74, 6) is -1.28. The number of hydrogen-bond donors (Lipinski definition) is 2. The predicted octanol–water partition coefficient (Wildman–Crippen LogP) is 4.59. The molecule has 0 saturated heterocycles. The normalized spacial score (nSPS) is 12.1. The van der Waals surface area contributed by atoms with E-state index in [1.54, 1.807) is 48.6 Å². The monoisotopic (exact) mass is 425 g/mol. The number of fused-ring (bicyclic) bond motifs is 1. The Morgan fingerprint density at radius 2 is 1.77 bits per heavy atom. The zero-order chi connectivity index (χ0) is 21.3. The van der Waals surface area contributed by atoms with Crippen molar-refractivity contribution >= 4 is 33.2 Å². The number of rotatable bonds is 5. The van der Waals surface area contributed by atoms with E-state index in [1.165, 1.54) is 13.1 Å². The van der Waals surface area contributed by atoms with Crippen LogP contribution in [0.3, 0.4) is 0 Å². The van der Waals surface area contributed by atoms with Crippen molar-refractivity contribution in [1.29, 1.82) is 0 Å². The Morgan fingerprint density at radius 3 is 2.53 bits per heavy atom. The Balaban J connectivity index is 1.70. The number of halogens is 2. The lowest BCUT2D eigenvalue weighted by molar-refractivity contribution is 0.508. The van der Waals surface area contributed by atoms with E-state index in [2.05, 4.69) is 14.7 Å². The van der Waals surface area contributed by atoms with E-state index >= 15 is 0 Å². The van der Waals surface area contributed by atoms with Gasteiger partial charge in [0, 0.05) is 5.56 Å². The fraction of sp³-hybridized carbons (Fsp3) is 0.0455. The molecule has 5 nitrogen and oxygen atoms in total. The first-order valence-corrected chi connectivity index (χ1v) is 10.5. The minimum absolute atomic E-state index is 0.185. The Morgan fingerprint density at radius 1 is 0.967 bits per heavy atom. The number of nitrogens with one attached hydrogen (secondary N) is 2. The molecule has 0 bridgehead atoms. The van der Waals surface area contributed by atoms with E-state index in [0.717, 1.165) is 17.7 Å². The highest BCUT2D eigenvalue weighted by Crippen LogP contribution is 2.29. The lowest BCUT2D eigenvalue weighted by Crippen LogP contribution is -2.19. The molecule has 0 aliphatic heterocycles. The van der Waals surface area contributed by atoms with Crippen LogP contribution in [0.1, 0.15) is 11.4 Å². The van der Waals surface area contributed by atoms with Crippen LogP contribution >= 0.6 is 0 Å². The van der Waals surface area contributed by atoms with E-state index in [9.17, 15) is 17.2 Å². The first-order chi connectivity index (χ1) is 14.4. The van der Waals surface area contributed by atoms with Crippen LogP contribution in [0.25, 0.3) is 34.3 Å². The summed E-state index contributed by atoms with van der Waals surface area (Å²) in [5, 5.41) is 0. The Kier molecular flexibility index (Phi) is 5.19. The second kappa shape index (κ2) is 7.81. The molecule has 0 unspecified atom stereocenters. The van der Waals surface area contributed by atoms with E-state index in [4.69, 9.17) is 0 Å². The summed E-state index contributed by atoms with van der Waals surface area (Å²) in [6.07, 6.45) is 3.28. The van der Waals surface area contributed by atoms with E-state index < -0.39 is 21.7 Å². The summed E-state index contributed by atoms with van der Waals surface area (Å²) in [4.78, 5) is 7.78. The topological polar surface area (TPSA) is 74.8 Å². The molecule has 0 atom stereocenters. The molecule has 4 aromatic rings. The van der Waals surface area contributed by atoms with Gasteiger partial charge in [-0.05, 0) is 54.6 Å². The molecule has 1 aromatic heterocycles. The van der Waals surface area contributed by atoms with Crippen molar-refractivity contribution in [3.8, 4) is 11.1 Å². The summed E-state index contributed by atoms with van der Waals surface area (Å²) in [6.45, 7) is 0. The van der Waals surface area contributed by atoms with Crippen LogP contribution in [-0.2, 0) is 10.0 Å². The van der Waals surface area contributed by atoms with Crippen molar-refractivity contribution in [2.24, 2.45) is 0 Å². The van der Waals surface area contributed by atoms with Gasteiger partial charge in [0.15, 0.2) is 11.6 Å². The molecule has 0 radical (unpaired) electrons. The molecule has 1 heterocycles. The van der Waals surface area contributed by atoms with Crippen LogP contribution in [0.15, 0.2) is 65.6 Å². The van der Waals surface area contributed by atoms with Gasteiger partial charge in [0.05, 0.1) is 15.9 Å². The van der Waals surface area contributed by atoms with Crippen LogP contribution in [0.4, 0.5) is 8.78 Å². The molecule has 4 rings (SSSR count). The lowest BCUT2D eigenvalue weighted by atomic mass is 10.1. The van der Waals surface area contributed by atoms with Crippen molar-refractivity contribution in [2.45, 2.75) is 4.90 Å². The summed E-state index contributed by atoms with van der Waals surface area (Å²) in [6, 6.07) is 15.8. The van der Waals surface area contributed by atoms with Crippen LogP contribution in [-0.4, -0.2) is 25.4 Å². The highest BCUT2D eigenvalue weighted by Gasteiger charge is 2.17. The maximum Gasteiger partial charge on any atom is 0.240 e. The molecule has 0 aliphatic rings. The van der Waals surface area contributed by atoms with Gasteiger partial charge in [0.1, 0.15) is 5.82 Å². The molecule has 0 fully saturated rings. The summed E-state index contributed by atoms with van der Waals surface area (Å²) < 4.78 is 53.4. The fourth-order valence-electron chi connectivity index (χ4n) is 3.12. The molecule has 2 N–H and O–H groups in total. The van der Waals surface area contributed by atoms with E-state index in [-0.39, 0.29) is 4.90 Å². The highest BCUT2D eigenvalue weighted by atomic mass is 32.2. The van der Waals surface area contributed by atoms with Gasteiger partial charge in [-0.3, -0.25) is 0 Å². The molecule has 152 valence electrons. The third-order valence-corrected chi connectivity index (χ3v) is 6.11. The molecule has 0 saturated carbocycles. The Bertz CT molecular complexity index is 1380. The Labute approximate surface area is 172 Å². The average molecular weight is 425 g/mol. The minimum atomic E-state index is -3.62. The fourth-order valence-corrected chi connectivity index (χ4v) is 4.07. The number of benzene rings is 3. The van der Waals surface area contributed by atoms with Crippen molar-refractivity contribution in [1.82, 2.24) is 14.7 Å². The predicted molar refractivity (Wildman–Crippen MR) is 113 cm³/mol. The van der Waals surface area contributed by atoms with Crippen LogP contribution in [0, 0.1) is 11.6 Å². The number of aromatic nitrogens is 2. The zero-order valence-electron chi connectivity index (χ0n) is 15.9. The van der Waals surface area contributed by atoms with E-state index in [1.807, 2.05) is 6.07 Å². The summed E-state index contributed by atoms with van der Waals surface area (Å²) in [5.41, 5.74) is 3.20. The molecular formula is C22H17F2N3O2S. The smallest absolute Gasteiger partial charge is 0.240 e. The number of H-pyrrole nitrogens is 1. The van der Waals surface area contributed by atoms with Gasteiger partial charge < -0.3 is 4.98 Å². The first-order valence-electron chi connectivity index (χ1n) is 9.03. The van der Waals surface area contributed by atoms with Crippen molar-refractivity contribution < 1.29 is 17.2 Å². The molecule has 8 heteroatoms. The number of nitrogens with zero attached hydrogens (tertiary/aromatic N) is 1. The quantitative estimate of drug-likeness (QED) is 0.491. The van der Waals surface area contributed by atoms with E-state index in [0.29, 0.717) is 28.0 Å². The second-order valence-corrected chi connectivity index (χ2v) is 8.42. The van der Waals surface area contributed by atoms with Crippen LogP contribution < -0.4 is 4.72 Å². The van der Waals surface area contributed by atoms with Gasteiger partial charge in [0.25, 0.3) is 0 Å². The molecule has 3 aromatic carbocycles. The zero-order valence-corrected chi connectivity index (χ0v) is 16.7.